The van der Waals surface area contributed by atoms with Crippen LogP contribution in [-0.2, 0) is 17.5 Å². The van der Waals surface area contributed by atoms with Crippen LogP contribution in [0.15, 0.2) is 23.0 Å². The second-order valence-corrected chi connectivity index (χ2v) is 7.67. The Bertz CT molecular complexity index is 954. The topological polar surface area (TPSA) is 64.0 Å². The van der Waals surface area contributed by atoms with E-state index in [4.69, 9.17) is 0 Å². The lowest BCUT2D eigenvalue weighted by Crippen LogP contribution is -2.40. The lowest BCUT2D eigenvalue weighted by molar-refractivity contribution is -0.137. The molecule has 30 heavy (non-hydrogen) atoms. The molecule has 0 aliphatic carbocycles. The van der Waals surface area contributed by atoms with E-state index in [1.807, 2.05) is 6.92 Å². The van der Waals surface area contributed by atoms with Gasteiger partial charge in [-0.3, -0.25) is 9.59 Å². The van der Waals surface area contributed by atoms with Gasteiger partial charge in [-0.05, 0) is 43.4 Å². The van der Waals surface area contributed by atoms with Crippen molar-refractivity contribution in [3.8, 4) is 0 Å². The Morgan fingerprint density at radius 1 is 1.17 bits per heavy atom. The molecule has 0 saturated carbocycles. The van der Waals surface area contributed by atoms with Gasteiger partial charge in [-0.1, -0.05) is 27.7 Å². The number of hydrogen-bond acceptors (Lipinski definition) is 3. The Labute approximate surface area is 172 Å². The van der Waals surface area contributed by atoms with Crippen molar-refractivity contribution in [2.45, 2.75) is 77.8 Å². The highest BCUT2D eigenvalue weighted by atomic mass is 19.4. The zero-order valence-electron chi connectivity index (χ0n) is 17.5. The van der Waals surface area contributed by atoms with Gasteiger partial charge in [-0.15, -0.1) is 0 Å². The van der Waals surface area contributed by atoms with Crippen molar-refractivity contribution in [1.29, 1.82) is 0 Å². The third-order valence-corrected chi connectivity index (χ3v) is 5.00. The van der Waals surface area contributed by atoms with E-state index >= 15 is 0 Å². The highest BCUT2D eigenvalue weighted by Crippen LogP contribution is 2.32. The first-order valence-corrected chi connectivity index (χ1v) is 10.0. The van der Waals surface area contributed by atoms with E-state index < -0.39 is 35.9 Å². The molecule has 0 saturated heterocycles. The standard InChI is InChI=1S/C21H27F4N3O2/c1-5-14(22)10-15(6-2)26-18(29)11-28-20(30)16-8-7-13(21(23,24)25)9-17(16)19(27-28)12(3)4/h7-9,12,14-15H,5-6,10-11H2,1-4H3,(H,26,29)/t14-,15-/m0/s1. The van der Waals surface area contributed by atoms with Crippen LogP contribution in [0.3, 0.4) is 0 Å². The Kier molecular flexibility index (Phi) is 7.60. The summed E-state index contributed by atoms with van der Waals surface area (Å²) in [7, 11) is 0. The normalized spacial score (nSPS) is 14.2. The maximum absolute atomic E-state index is 13.6. The minimum Gasteiger partial charge on any atom is -0.352 e. The molecule has 0 fully saturated rings. The summed E-state index contributed by atoms with van der Waals surface area (Å²) in [6, 6.07) is 2.51. The van der Waals surface area contributed by atoms with Crippen LogP contribution < -0.4 is 10.9 Å². The summed E-state index contributed by atoms with van der Waals surface area (Å²) in [6.07, 6.45) is -4.53. The van der Waals surface area contributed by atoms with Crippen LogP contribution in [0.4, 0.5) is 17.6 Å². The molecule has 166 valence electrons. The lowest BCUT2D eigenvalue weighted by Gasteiger charge is -2.19. The molecule has 1 aromatic carbocycles. The average molecular weight is 429 g/mol. The van der Waals surface area contributed by atoms with E-state index in [0.717, 1.165) is 22.9 Å². The van der Waals surface area contributed by atoms with Gasteiger partial charge >= 0.3 is 6.18 Å². The summed E-state index contributed by atoms with van der Waals surface area (Å²) in [6.45, 7) is 6.64. The molecule has 0 unspecified atom stereocenters. The molecule has 2 rings (SSSR count). The van der Waals surface area contributed by atoms with Gasteiger partial charge in [0.2, 0.25) is 5.91 Å². The maximum atomic E-state index is 13.6. The van der Waals surface area contributed by atoms with Crippen molar-refractivity contribution in [2.24, 2.45) is 0 Å². The summed E-state index contributed by atoms with van der Waals surface area (Å²) < 4.78 is 53.9. The van der Waals surface area contributed by atoms with Gasteiger partial charge < -0.3 is 5.32 Å². The number of carbonyl (C=O) groups excluding carboxylic acids is 1. The highest BCUT2D eigenvalue weighted by molar-refractivity contribution is 5.85. The molecule has 2 atom stereocenters. The maximum Gasteiger partial charge on any atom is 0.416 e. The number of carbonyl (C=O) groups is 1. The minimum absolute atomic E-state index is 0.0661. The molecule has 0 spiro atoms. The van der Waals surface area contributed by atoms with Gasteiger partial charge in [-0.25, -0.2) is 9.07 Å². The molecule has 1 amide bonds. The first-order valence-electron chi connectivity index (χ1n) is 10.0. The fraction of sp³-hybridized carbons (Fsp3) is 0.571. The van der Waals surface area contributed by atoms with Crippen LogP contribution in [0.1, 0.15) is 64.1 Å². The second-order valence-electron chi connectivity index (χ2n) is 7.67. The summed E-state index contributed by atoms with van der Waals surface area (Å²) >= 11 is 0. The van der Waals surface area contributed by atoms with E-state index in [1.165, 1.54) is 0 Å². The number of amides is 1. The second kappa shape index (κ2) is 9.57. The fourth-order valence-electron chi connectivity index (χ4n) is 3.23. The molecular weight excluding hydrogens is 402 g/mol. The number of rotatable bonds is 8. The molecule has 0 aliphatic heterocycles. The molecule has 0 bridgehead atoms. The largest absolute Gasteiger partial charge is 0.416 e. The molecule has 1 aromatic heterocycles. The number of nitrogens with one attached hydrogen (secondary N) is 1. The van der Waals surface area contributed by atoms with Crippen molar-refractivity contribution in [3.63, 3.8) is 0 Å². The van der Waals surface area contributed by atoms with Gasteiger partial charge in [0.15, 0.2) is 0 Å². The van der Waals surface area contributed by atoms with Gasteiger partial charge in [0.05, 0.1) is 16.6 Å². The average Bonchev–Trinajstić information content (AvgIpc) is 2.67. The van der Waals surface area contributed by atoms with E-state index in [9.17, 15) is 27.2 Å². The molecule has 0 aliphatic rings. The van der Waals surface area contributed by atoms with Crippen molar-refractivity contribution in [3.05, 3.63) is 39.8 Å². The van der Waals surface area contributed by atoms with Crippen LogP contribution >= 0.6 is 0 Å². The number of fused-ring (bicyclic) bond motifs is 1. The Morgan fingerprint density at radius 3 is 2.37 bits per heavy atom. The summed E-state index contributed by atoms with van der Waals surface area (Å²) in [5.41, 5.74) is -1.22. The van der Waals surface area contributed by atoms with Crippen LogP contribution in [0.25, 0.3) is 10.8 Å². The van der Waals surface area contributed by atoms with Gasteiger partial charge in [0.1, 0.15) is 12.7 Å². The van der Waals surface area contributed by atoms with Crippen molar-refractivity contribution in [2.75, 3.05) is 0 Å². The number of benzene rings is 1. The van der Waals surface area contributed by atoms with Crippen LogP contribution in [0.5, 0.6) is 0 Å². The lowest BCUT2D eigenvalue weighted by atomic mass is 10.0. The first-order chi connectivity index (χ1) is 14.0. The molecule has 5 nitrogen and oxygen atoms in total. The predicted octanol–water partition coefficient (Wildman–Crippen LogP) is 4.57. The Hall–Kier alpha value is -2.45. The molecule has 1 N–H and O–H groups in total. The molecular formula is C21H27F4N3O2. The van der Waals surface area contributed by atoms with Crippen LogP contribution in [-0.4, -0.2) is 27.9 Å². The predicted molar refractivity (Wildman–Crippen MR) is 107 cm³/mol. The number of nitrogens with zero attached hydrogens (tertiary/aromatic N) is 2. The van der Waals surface area contributed by atoms with E-state index in [2.05, 4.69) is 10.4 Å². The van der Waals surface area contributed by atoms with E-state index in [1.54, 1.807) is 20.8 Å². The Balaban J connectivity index is 2.39. The number of alkyl halides is 4. The molecule has 2 aromatic rings. The van der Waals surface area contributed by atoms with Gasteiger partial charge in [0, 0.05) is 11.4 Å². The zero-order valence-corrected chi connectivity index (χ0v) is 17.5. The molecule has 9 heteroatoms. The van der Waals surface area contributed by atoms with Crippen molar-refractivity contribution in [1.82, 2.24) is 15.1 Å². The highest BCUT2D eigenvalue weighted by Gasteiger charge is 2.31. The van der Waals surface area contributed by atoms with E-state index in [-0.39, 0.29) is 29.2 Å². The number of halogens is 4. The van der Waals surface area contributed by atoms with Crippen molar-refractivity contribution >= 4 is 16.7 Å². The van der Waals surface area contributed by atoms with Gasteiger partial charge in [-0.2, -0.15) is 18.3 Å². The number of aromatic nitrogens is 2. The van der Waals surface area contributed by atoms with Crippen LogP contribution in [0, 0.1) is 0 Å². The third-order valence-electron chi connectivity index (χ3n) is 5.00. The summed E-state index contributed by atoms with van der Waals surface area (Å²) in [4.78, 5) is 25.2. The molecule has 0 radical (unpaired) electrons. The monoisotopic (exact) mass is 429 g/mol. The van der Waals surface area contributed by atoms with Crippen molar-refractivity contribution < 1.29 is 22.4 Å². The molecule has 1 heterocycles. The Morgan fingerprint density at radius 2 is 1.83 bits per heavy atom. The zero-order chi connectivity index (χ0) is 22.6. The number of hydrogen-bond donors (Lipinski definition) is 1. The fourth-order valence-corrected chi connectivity index (χ4v) is 3.23. The van der Waals surface area contributed by atoms with Crippen LogP contribution in [0.2, 0.25) is 0 Å². The first kappa shape index (κ1) is 23.8. The van der Waals surface area contributed by atoms with Gasteiger partial charge in [0.25, 0.3) is 5.56 Å². The summed E-state index contributed by atoms with van der Waals surface area (Å²) in [5, 5.41) is 7.07. The quantitative estimate of drug-likeness (QED) is 0.625. The smallest absolute Gasteiger partial charge is 0.352 e. The minimum atomic E-state index is -4.54. The third kappa shape index (κ3) is 5.58. The summed E-state index contributed by atoms with van der Waals surface area (Å²) in [5.74, 6) is -0.771. The SMILES string of the molecule is CC[C@H](F)C[C@H](CC)NC(=O)Cn1nc(C(C)C)c2cc(C(F)(F)F)ccc2c1=O. The van der Waals surface area contributed by atoms with E-state index in [0.29, 0.717) is 18.5 Å².